The van der Waals surface area contributed by atoms with Crippen LogP contribution in [0.2, 0.25) is 0 Å². The molecule has 1 aromatic rings. The summed E-state index contributed by atoms with van der Waals surface area (Å²) in [6, 6.07) is 0. The molecule has 1 N–H and O–H groups in total. The second kappa shape index (κ2) is 4.62. The number of hydrogen-bond donors (Lipinski definition) is 2. The molecule has 1 aromatic heterocycles. The fourth-order valence-corrected chi connectivity index (χ4v) is 0.731. The summed E-state index contributed by atoms with van der Waals surface area (Å²) in [6.45, 7) is 0. The number of thiol groups is 1. The van der Waals surface area contributed by atoms with E-state index in [1.165, 1.54) is 12.4 Å². The van der Waals surface area contributed by atoms with E-state index in [0.29, 0.717) is 5.69 Å². The van der Waals surface area contributed by atoms with Gasteiger partial charge in [0.2, 0.25) is 0 Å². The summed E-state index contributed by atoms with van der Waals surface area (Å²) in [7, 11) is 0. The molecule has 4 heteroatoms. The second-order valence-electron chi connectivity index (χ2n) is 2.07. The summed E-state index contributed by atoms with van der Waals surface area (Å²) in [4.78, 5) is 16.9. The molecule has 0 bridgehead atoms. The molecular weight excluding hydrogens is 172 g/mol. The first kappa shape index (κ1) is 8.88. The maximum Gasteiger partial charge on any atom is 0.266 e. The zero-order chi connectivity index (χ0) is 8.81. The van der Waals surface area contributed by atoms with Crippen molar-refractivity contribution in [3.63, 3.8) is 0 Å². The molecule has 0 radical (unpaired) electrons. The van der Waals surface area contributed by atoms with E-state index in [-0.39, 0.29) is 5.56 Å². The SMILES string of the molecule is O=c1cnc(C#CCCS)c[nH]1. The molecule has 0 aliphatic heterocycles. The summed E-state index contributed by atoms with van der Waals surface area (Å²) < 4.78 is 0. The lowest BCUT2D eigenvalue weighted by atomic mass is 10.4. The number of nitrogens with zero attached hydrogens (tertiary/aromatic N) is 1. The predicted octanol–water partition coefficient (Wildman–Crippen LogP) is 0.441. The lowest BCUT2D eigenvalue weighted by Crippen LogP contribution is -2.04. The van der Waals surface area contributed by atoms with Crippen molar-refractivity contribution >= 4 is 12.6 Å². The van der Waals surface area contributed by atoms with Gasteiger partial charge in [0.25, 0.3) is 5.56 Å². The van der Waals surface area contributed by atoms with Gasteiger partial charge in [-0.3, -0.25) is 4.79 Å². The van der Waals surface area contributed by atoms with Crippen LogP contribution in [0.25, 0.3) is 0 Å². The van der Waals surface area contributed by atoms with Gasteiger partial charge < -0.3 is 4.98 Å². The zero-order valence-electron chi connectivity index (χ0n) is 6.37. The first-order chi connectivity index (χ1) is 5.83. The van der Waals surface area contributed by atoms with Crippen LogP contribution < -0.4 is 5.56 Å². The van der Waals surface area contributed by atoms with E-state index in [1.807, 2.05) is 0 Å². The summed E-state index contributed by atoms with van der Waals surface area (Å²) >= 11 is 4.00. The van der Waals surface area contributed by atoms with E-state index in [1.54, 1.807) is 0 Å². The molecule has 3 nitrogen and oxygen atoms in total. The molecule has 0 aliphatic rings. The normalized spacial score (nSPS) is 8.75. The van der Waals surface area contributed by atoms with Gasteiger partial charge in [-0.15, -0.1) is 0 Å². The maximum absolute atomic E-state index is 10.6. The summed E-state index contributed by atoms with van der Waals surface area (Å²) in [6.07, 6.45) is 3.43. The van der Waals surface area contributed by atoms with Crippen molar-refractivity contribution < 1.29 is 0 Å². The van der Waals surface area contributed by atoms with E-state index in [2.05, 4.69) is 34.4 Å². The van der Waals surface area contributed by atoms with E-state index in [0.717, 1.165) is 12.2 Å². The third-order valence-electron chi connectivity index (χ3n) is 1.13. The molecule has 0 fully saturated rings. The molecular formula is C8H8N2OS. The van der Waals surface area contributed by atoms with Gasteiger partial charge in [0, 0.05) is 18.4 Å². The Bertz CT molecular complexity index is 341. The van der Waals surface area contributed by atoms with Gasteiger partial charge in [-0.1, -0.05) is 5.92 Å². The number of aromatic amines is 1. The van der Waals surface area contributed by atoms with Crippen molar-refractivity contribution in [2.75, 3.05) is 5.75 Å². The Morgan fingerprint density at radius 3 is 3.08 bits per heavy atom. The van der Waals surface area contributed by atoms with Crippen molar-refractivity contribution in [1.82, 2.24) is 9.97 Å². The van der Waals surface area contributed by atoms with Crippen LogP contribution in [-0.2, 0) is 0 Å². The lowest BCUT2D eigenvalue weighted by Gasteiger charge is -1.85. The average molecular weight is 180 g/mol. The molecule has 1 rings (SSSR count). The van der Waals surface area contributed by atoms with Crippen molar-refractivity contribution in [3.8, 4) is 11.8 Å². The van der Waals surface area contributed by atoms with Gasteiger partial charge >= 0.3 is 0 Å². The Morgan fingerprint density at radius 1 is 1.67 bits per heavy atom. The maximum atomic E-state index is 10.6. The molecule has 0 saturated carbocycles. The second-order valence-corrected chi connectivity index (χ2v) is 2.52. The van der Waals surface area contributed by atoms with Gasteiger partial charge in [0.05, 0.1) is 6.20 Å². The third kappa shape index (κ3) is 2.81. The monoisotopic (exact) mass is 180 g/mol. The molecule has 0 atom stereocenters. The molecule has 0 aliphatic carbocycles. The van der Waals surface area contributed by atoms with Crippen molar-refractivity contribution in [3.05, 3.63) is 28.4 Å². The predicted molar refractivity (Wildman–Crippen MR) is 50.2 cm³/mol. The van der Waals surface area contributed by atoms with Crippen LogP contribution in [0.15, 0.2) is 17.2 Å². The lowest BCUT2D eigenvalue weighted by molar-refractivity contribution is 1.12. The molecule has 0 saturated heterocycles. The van der Waals surface area contributed by atoms with Crippen LogP contribution in [-0.4, -0.2) is 15.7 Å². The van der Waals surface area contributed by atoms with E-state index in [4.69, 9.17) is 0 Å². The highest BCUT2D eigenvalue weighted by molar-refractivity contribution is 7.80. The standard InChI is InChI=1S/C8H8N2OS/c11-8-6-9-7(5-10-8)3-1-2-4-12/h5-6,12H,2,4H2,(H,10,11). The minimum Gasteiger partial charge on any atom is -0.325 e. The quantitative estimate of drug-likeness (QED) is 0.486. The van der Waals surface area contributed by atoms with Gasteiger partial charge in [-0.05, 0) is 5.92 Å². The van der Waals surface area contributed by atoms with Crippen LogP contribution in [0.5, 0.6) is 0 Å². The van der Waals surface area contributed by atoms with Crippen LogP contribution in [0.3, 0.4) is 0 Å². The van der Waals surface area contributed by atoms with Crippen LogP contribution in [0.4, 0.5) is 0 Å². The Balaban J connectivity index is 2.72. The van der Waals surface area contributed by atoms with Crippen molar-refractivity contribution in [1.29, 1.82) is 0 Å². The number of rotatable bonds is 1. The van der Waals surface area contributed by atoms with Crippen LogP contribution in [0, 0.1) is 11.8 Å². The number of hydrogen-bond acceptors (Lipinski definition) is 3. The molecule has 12 heavy (non-hydrogen) atoms. The molecule has 1 heterocycles. The summed E-state index contributed by atoms with van der Waals surface area (Å²) in [5.41, 5.74) is 0.367. The Morgan fingerprint density at radius 2 is 2.50 bits per heavy atom. The van der Waals surface area contributed by atoms with Gasteiger partial charge in [0.15, 0.2) is 0 Å². The Kier molecular flexibility index (Phi) is 3.42. The largest absolute Gasteiger partial charge is 0.325 e. The van der Waals surface area contributed by atoms with E-state index in [9.17, 15) is 4.79 Å². The van der Waals surface area contributed by atoms with Gasteiger partial charge in [-0.2, -0.15) is 12.6 Å². The van der Waals surface area contributed by atoms with Gasteiger partial charge in [-0.25, -0.2) is 4.98 Å². The van der Waals surface area contributed by atoms with Crippen molar-refractivity contribution in [2.45, 2.75) is 6.42 Å². The molecule has 0 aromatic carbocycles. The first-order valence-corrected chi connectivity index (χ1v) is 4.10. The van der Waals surface area contributed by atoms with Gasteiger partial charge in [0.1, 0.15) is 5.69 Å². The Labute approximate surface area is 75.6 Å². The van der Waals surface area contributed by atoms with E-state index >= 15 is 0 Å². The number of nitrogens with one attached hydrogen (secondary N) is 1. The molecule has 0 spiro atoms. The highest BCUT2D eigenvalue weighted by atomic mass is 32.1. The fourth-order valence-electron chi connectivity index (χ4n) is 0.620. The first-order valence-electron chi connectivity index (χ1n) is 3.47. The highest BCUT2D eigenvalue weighted by Crippen LogP contribution is 1.84. The number of aromatic nitrogens is 2. The smallest absolute Gasteiger partial charge is 0.266 e. The number of H-pyrrole nitrogens is 1. The minimum atomic E-state index is -0.213. The fraction of sp³-hybridized carbons (Fsp3) is 0.250. The zero-order valence-corrected chi connectivity index (χ0v) is 7.27. The van der Waals surface area contributed by atoms with Crippen LogP contribution >= 0.6 is 12.6 Å². The van der Waals surface area contributed by atoms with Crippen molar-refractivity contribution in [2.24, 2.45) is 0 Å². The average Bonchev–Trinajstić information content (AvgIpc) is 2.09. The topological polar surface area (TPSA) is 45.8 Å². The summed E-state index contributed by atoms with van der Waals surface area (Å²) in [5, 5.41) is 0. The molecule has 0 amide bonds. The van der Waals surface area contributed by atoms with E-state index < -0.39 is 0 Å². The third-order valence-corrected chi connectivity index (χ3v) is 1.35. The highest BCUT2D eigenvalue weighted by Gasteiger charge is 1.85. The van der Waals surface area contributed by atoms with Crippen LogP contribution in [0.1, 0.15) is 12.1 Å². The molecule has 0 unspecified atom stereocenters. The minimum absolute atomic E-state index is 0.213. The Hall–Kier alpha value is -1.21. The summed E-state index contributed by atoms with van der Waals surface area (Å²) in [5.74, 6) is 6.39. The molecule has 62 valence electrons.